The minimum atomic E-state index is -0.172. The van der Waals surface area contributed by atoms with E-state index in [2.05, 4.69) is 15.6 Å². The number of aromatic nitrogens is 2. The Morgan fingerprint density at radius 3 is 2.78 bits per heavy atom. The first-order valence-electron chi connectivity index (χ1n) is 8.66. The number of nitrogens with zero attached hydrogens (tertiary/aromatic N) is 2. The summed E-state index contributed by atoms with van der Waals surface area (Å²) >= 11 is 1.61. The Kier molecular flexibility index (Phi) is 6.56. The van der Waals surface area contributed by atoms with Gasteiger partial charge in [0.2, 0.25) is 11.8 Å². The second-order valence-electron chi connectivity index (χ2n) is 5.99. The fraction of sp³-hybridized carbons (Fsp3) is 0.316. The lowest BCUT2D eigenvalue weighted by Gasteiger charge is -2.10. The molecular weight excluding hydrogens is 364 g/mol. The van der Waals surface area contributed by atoms with E-state index in [1.807, 2.05) is 46.3 Å². The van der Waals surface area contributed by atoms with Crippen LogP contribution in [0.4, 0.5) is 0 Å². The van der Waals surface area contributed by atoms with E-state index in [0.29, 0.717) is 19.5 Å². The molecule has 1 aromatic carbocycles. The third-order valence-electron chi connectivity index (χ3n) is 4.02. The Hall–Kier alpha value is -2.71. The maximum absolute atomic E-state index is 12.4. The maximum atomic E-state index is 12.4. The lowest BCUT2D eigenvalue weighted by atomic mass is 10.3. The van der Waals surface area contributed by atoms with E-state index in [9.17, 15) is 9.59 Å². The molecule has 142 valence electrons. The van der Waals surface area contributed by atoms with Gasteiger partial charge in [0.1, 0.15) is 19.0 Å². The summed E-state index contributed by atoms with van der Waals surface area (Å²) < 4.78 is 6.71. The van der Waals surface area contributed by atoms with Crippen molar-refractivity contribution in [2.45, 2.75) is 19.5 Å². The van der Waals surface area contributed by atoms with Crippen LogP contribution in [0.2, 0.25) is 0 Å². The Bertz CT molecular complexity index is 905. The summed E-state index contributed by atoms with van der Waals surface area (Å²) in [6.07, 6.45) is 0.530. The number of hydrogen-bond donors (Lipinski definition) is 2. The van der Waals surface area contributed by atoms with Gasteiger partial charge < -0.3 is 19.9 Å². The average Bonchev–Trinajstić information content (AvgIpc) is 3.29. The molecule has 2 amide bonds. The van der Waals surface area contributed by atoms with Gasteiger partial charge in [-0.3, -0.25) is 9.59 Å². The number of hydrogen-bond acceptors (Lipinski definition) is 5. The van der Waals surface area contributed by atoms with E-state index in [0.717, 1.165) is 21.7 Å². The number of carbonyl (C=O) groups is 2. The normalized spacial score (nSPS) is 10.9. The molecule has 0 bridgehead atoms. The highest BCUT2D eigenvalue weighted by Crippen LogP contribution is 2.16. The van der Waals surface area contributed by atoms with Crippen molar-refractivity contribution < 1.29 is 14.3 Å². The first kappa shape index (κ1) is 19.1. The molecule has 0 saturated heterocycles. The molecule has 8 heteroatoms. The molecule has 27 heavy (non-hydrogen) atoms. The van der Waals surface area contributed by atoms with Gasteiger partial charge in [0, 0.05) is 25.0 Å². The number of fused-ring (bicyclic) bond motifs is 1. The lowest BCUT2D eigenvalue weighted by Crippen LogP contribution is -2.30. The number of imidazole rings is 1. The van der Waals surface area contributed by atoms with Crippen molar-refractivity contribution in [2.75, 3.05) is 20.3 Å². The van der Waals surface area contributed by atoms with Crippen molar-refractivity contribution in [3.63, 3.8) is 0 Å². The molecule has 0 spiro atoms. The van der Waals surface area contributed by atoms with E-state index in [-0.39, 0.29) is 25.0 Å². The van der Waals surface area contributed by atoms with Crippen molar-refractivity contribution in [1.29, 1.82) is 0 Å². The summed E-state index contributed by atoms with van der Waals surface area (Å²) in [5.74, 6) is 0.519. The molecule has 3 aromatic rings. The van der Waals surface area contributed by atoms with Crippen LogP contribution < -0.4 is 10.6 Å². The molecular formula is C19H22N4O3S. The molecule has 2 heterocycles. The number of ether oxygens (including phenoxy) is 1. The maximum Gasteiger partial charge on any atom is 0.245 e. The monoisotopic (exact) mass is 386 g/mol. The van der Waals surface area contributed by atoms with Crippen LogP contribution in [0.5, 0.6) is 0 Å². The number of thiophene rings is 1. The first-order chi connectivity index (χ1) is 13.2. The number of nitrogens with one attached hydrogen (secondary N) is 2. The Morgan fingerprint density at radius 2 is 2.00 bits per heavy atom. The van der Waals surface area contributed by atoms with Crippen LogP contribution in [-0.2, 0) is 33.8 Å². The molecule has 3 rings (SSSR count). The molecule has 2 aromatic heterocycles. The molecule has 0 fully saturated rings. The quantitative estimate of drug-likeness (QED) is 0.586. The summed E-state index contributed by atoms with van der Waals surface area (Å²) in [5, 5.41) is 7.71. The van der Waals surface area contributed by atoms with Crippen LogP contribution in [-0.4, -0.2) is 41.6 Å². The van der Waals surface area contributed by atoms with Crippen LogP contribution in [0.1, 0.15) is 10.7 Å². The highest BCUT2D eigenvalue weighted by atomic mass is 32.1. The number of amides is 2. The predicted molar refractivity (Wildman–Crippen MR) is 104 cm³/mol. The van der Waals surface area contributed by atoms with E-state index < -0.39 is 0 Å². The van der Waals surface area contributed by atoms with Gasteiger partial charge in [-0.15, -0.1) is 11.3 Å². The second kappa shape index (κ2) is 9.29. The fourth-order valence-electron chi connectivity index (χ4n) is 2.79. The van der Waals surface area contributed by atoms with Gasteiger partial charge in [-0.2, -0.15) is 0 Å². The molecule has 0 aliphatic heterocycles. The van der Waals surface area contributed by atoms with Gasteiger partial charge in [0.15, 0.2) is 0 Å². The topological polar surface area (TPSA) is 85.2 Å². The zero-order chi connectivity index (χ0) is 19.1. The minimum Gasteiger partial charge on any atom is -0.375 e. The van der Waals surface area contributed by atoms with Gasteiger partial charge in [-0.05, 0) is 23.6 Å². The van der Waals surface area contributed by atoms with Gasteiger partial charge >= 0.3 is 0 Å². The van der Waals surface area contributed by atoms with Crippen molar-refractivity contribution in [1.82, 2.24) is 20.2 Å². The number of benzene rings is 1. The van der Waals surface area contributed by atoms with Crippen molar-refractivity contribution in [3.05, 3.63) is 52.5 Å². The Labute approximate surface area is 161 Å². The third kappa shape index (κ3) is 5.15. The van der Waals surface area contributed by atoms with Crippen LogP contribution >= 0.6 is 11.3 Å². The molecule has 7 nitrogen and oxygen atoms in total. The fourth-order valence-corrected chi connectivity index (χ4v) is 3.43. The van der Waals surface area contributed by atoms with Gasteiger partial charge in [-0.1, -0.05) is 18.2 Å². The summed E-state index contributed by atoms with van der Waals surface area (Å²) in [6.45, 7) is 1.17. The standard InChI is InChI=1S/C19H22N4O3S/c1-26-13-19(25)20-9-8-17-22-15-6-2-3-7-16(15)23(17)12-18(24)21-11-14-5-4-10-27-14/h2-7,10H,8-9,11-13H2,1H3,(H,20,25)(H,21,24). The first-order valence-corrected chi connectivity index (χ1v) is 9.54. The highest BCUT2D eigenvalue weighted by Gasteiger charge is 2.14. The van der Waals surface area contributed by atoms with E-state index >= 15 is 0 Å². The number of rotatable bonds is 9. The summed E-state index contributed by atoms with van der Waals surface area (Å²) in [6, 6.07) is 11.7. The minimum absolute atomic E-state index is 0.0293. The van der Waals surface area contributed by atoms with Gasteiger partial charge in [0.05, 0.1) is 17.6 Å². The largest absolute Gasteiger partial charge is 0.375 e. The third-order valence-corrected chi connectivity index (χ3v) is 4.90. The number of methoxy groups -OCH3 is 1. The smallest absolute Gasteiger partial charge is 0.245 e. The van der Waals surface area contributed by atoms with Crippen LogP contribution in [0, 0.1) is 0 Å². The average molecular weight is 386 g/mol. The SMILES string of the molecule is COCC(=O)NCCc1nc2ccccc2n1CC(=O)NCc1cccs1. The van der Waals surface area contributed by atoms with Gasteiger partial charge in [0.25, 0.3) is 0 Å². The van der Waals surface area contributed by atoms with Crippen LogP contribution in [0.25, 0.3) is 11.0 Å². The number of carbonyl (C=O) groups excluding carboxylic acids is 2. The Morgan fingerprint density at radius 1 is 1.15 bits per heavy atom. The zero-order valence-corrected chi connectivity index (χ0v) is 15.9. The zero-order valence-electron chi connectivity index (χ0n) is 15.1. The van der Waals surface area contributed by atoms with Crippen molar-refractivity contribution >= 4 is 34.2 Å². The summed E-state index contributed by atoms with van der Waals surface area (Å²) in [5.41, 5.74) is 1.74. The summed E-state index contributed by atoms with van der Waals surface area (Å²) in [7, 11) is 1.48. The van der Waals surface area contributed by atoms with Gasteiger partial charge in [-0.25, -0.2) is 4.98 Å². The lowest BCUT2D eigenvalue weighted by molar-refractivity contribution is -0.124. The summed E-state index contributed by atoms with van der Waals surface area (Å²) in [4.78, 5) is 29.7. The number of para-hydroxylation sites is 2. The van der Waals surface area contributed by atoms with E-state index in [1.54, 1.807) is 11.3 Å². The molecule has 0 saturated carbocycles. The van der Waals surface area contributed by atoms with Crippen LogP contribution in [0.3, 0.4) is 0 Å². The molecule has 0 atom stereocenters. The predicted octanol–water partition coefficient (Wildman–Crippen LogP) is 1.72. The second-order valence-corrected chi connectivity index (χ2v) is 7.02. The highest BCUT2D eigenvalue weighted by molar-refractivity contribution is 7.09. The van der Waals surface area contributed by atoms with Crippen molar-refractivity contribution in [3.8, 4) is 0 Å². The van der Waals surface area contributed by atoms with Crippen molar-refractivity contribution in [2.24, 2.45) is 0 Å². The van der Waals surface area contributed by atoms with E-state index in [4.69, 9.17) is 4.74 Å². The van der Waals surface area contributed by atoms with Crippen LogP contribution in [0.15, 0.2) is 41.8 Å². The molecule has 0 aliphatic carbocycles. The Balaban J connectivity index is 1.68. The molecule has 0 unspecified atom stereocenters. The molecule has 0 aliphatic rings. The molecule has 2 N–H and O–H groups in total. The van der Waals surface area contributed by atoms with E-state index in [1.165, 1.54) is 7.11 Å². The molecule has 0 radical (unpaired) electrons.